The predicted molar refractivity (Wildman–Crippen MR) is 115 cm³/mol. The Morgan fingerprint density at radius 2 is 1.46 bits per heavy atom. The third kappa shape index (κ3) is 4.48. The molecule has 3 nitrogen and oxygen atoms in total. The molecule has 0 unspecified atom stereocenters. The van der Waals surface area contributed by atoms with Gasteiger partial charge in [0, 0.05) is 31.3 Å². The highest BCUT2D eigenvalue weighted by atomic mass is 28.4. The van der Waals surface area contributed by atoms with Crippen LogP contribution in [0.1, 0.15) is 54.4 Å². The highest BCUT2D eigenvalue weighted by Gasteiger charge is 2.51. The standard InChI is InChI=1S/C21H42O3Si2/c1-8-25(9-2,10-3)22-16-19-18-14-17(7)23-20(18)15-21(19)24-26(11-4,12-5)13-6/h18-21H,7-16H2,1-6H3/t18-,19-,20+,21-/m1/s1. The molecule has 2 aliphatic rings. The van der Waals surface area contributed by atoms with E-state index in [1.165, 1.54) is 36.3 Å². The van der Waals surface area contributed by atoms with E-state index in [0.717, 1.165) is 25.2 Å². The van der Waals surface area contributed by atoms with E-state index in [2.05, 4.69) is 48.1 Å². The van der Waals surface area contributed by atoms with Gasteiger partial charge in [0.15, 0.2) is 16.6 Å². The summed E-state index contributed by atoms with van der Waals surface area (Å²) in [5.74, 6) is 1.99. The highest BCUT2D eigenvalue weighted by Crippen LogP contribution is 2.47. The molecule has 1 saturated heterocycles. The fraction of sp³-hybridized carbons (Fsp3) is 0.905. The van der Waals surface area contributed by atoms with Gasteiger partial charge in [0.25, 0.3) is 0 Å². The lowest BCUT2D eigenvalue weighted by atomic mass is 9.93. The average Bonchev–Trinajstić information content (AvgIpc) is 3.17. The van der Waals surface area contributed by atoms with Crippen molar-refractivity contribution in [2.75, 3.05) is 6.61 Å². The fourth-order valence-electron chi connectivity index (χ4n) is 5.09. The summed E-state index contributed by atoms with van der Waals surface area (Å²) in [5, 5.41) is 0. The highest BCUT2D eigenvalue weighted by molar-refractivity contribution is 6.74. The summed E-state index contributed by atoms with van der Waals surface area (Å²) in [6, 6.07) is 7.28. The van der Waals surface area contributed by atoms with Crippen molar-refractivity contribution in [3.05, 3.63) is 12.3 Å². The molecule has 152 valence electrons. The monoisotopic (exact) mass is 398 g/mol. The van der Waals surface area contributed by atoms with Crippen molar-refractivity contribution in [3.8, 4) is 0 Å². The molecule has 2 rings (SSSR count). The van der Waals surface area contributed by atoms with Gasteiger partial charge in [-0.15, -0.1) is 0 Å². The normalized spacial score (nSPS) is 29.1. The second-order valence-corrected chi connectivity index (χ2v) is 17.9. The lowest BCUT2D eigenvalue weighted by Crippen LogP contribution is -2.44. The lowest BCUT2D eigenvalue weighted by molar-refractivity contribution is 0.0855. The van der Waals surface area contributed by atoms with Crippen LogP contribution in [-0.2, 0) is 13.6 Å². The van der Waals surface area contributed by atoms with E-state index in [0.29, 0.717) is 24.0 Å². The van der Waals surface area contributed by atoms with Gasteiger partial charge in [0.1, 0.15) is 6.10 Å². The Morgan fingerprint density at radius 1 is 0.923 bits per heavy atom. The Balaban J connectivity index is 2.15. The van der Waals surface area contributed by atoms with Crippen molar-refractivity contribution in [1.29, 1.82) is 0 Å². The molecular weight excluding hydrogens is 356 g/mol. The zero-order valence-electron chi connectivity index (χ0n) is 18.1. The number of ether oxygens (including phenoxy) is 1. The van der Waals surface area contributed by atoms with Crippen molar-refractivity contribution in [1.82, 2.24) is 0 Å². The van der Waals surface area contributed by atoms with Gasteiger partial charge < -0.3 is 13.6 Å². The second-order valence-electron chi connectivity index (χ2n) is 8.42. The molecule has 1 aliphatic carbocycles. The number of allylic oxidation sites excluding steroid dienone is 1. The van der Waals surface area contributed by atoms with Crippen LogP contribution in [0.2, 0.25) is 36.3 Å². The molecule has 1 heterocycles. The van der Waals surface area contributed by atoms with E-state index in [-0.39, 0.29) is 0 Å². The topological polar surface area (TPSA) is 27.7 Å². The maximum atomic E-state index is 6.96. The number of rotatable bonds is 11. The molecule has 26 heavy (non-hydrogen) atoms. The molecule has 0 N–H and O–H groups in total. The smallest absolute Gasteiger partial charge is 0.192 e. The van der Waals surface area contributed by atoms with Crippen LogP contribution in [-0.4, -0.2) is 35.4 Å². The summed E-state index contributed by atoms with van der Waals surface area (Å²) in [4.78, 5) is 0. The summed E-state index contributed by atoms with van der Waals surface area (Å²) in [5.41, 5.74) is 0. The fourth-order valence-corrected chi connectivity index (χ4v) is 10.7. The molecule has 0 aromatic rings. The molecule has 0 bridgehead atoms. The molecule has 0 radical (unpaired) electrons. The first kappa shape index (κ1) is 22.2. The van der Waals surface area contributed by atoms with Crippen LogP contribution in [0, 0.1) is 11.8 Å². The summed E-state index contributed by atoms with van der Waals surface area (Å²) < 4.78 is 19.8. The first-order chi connectivity index (χ1) is 12.4. The molecule has 0 aromatic carbocycles. The summed E-state index contributed by atoms with van der Waals surface area (Å²) >= 11 is 0. The zero-order chi connectivity index (χ0) is 19.4. The van der Waals surface area contributed by atoms with Crippen molar-refractivity contribution >= 4 is 16.6 Å². The minimum atomic E-state index is -1.61. The molecule has 0 aromatic heterocycles. The minimum absolute atomic E-state index is 0.305. The third-order valence-corrected chi connectivity index (χ3v) is 16.9. The molecule has 0 spiro atoms. The van der Waals surface area contributed by atoms with Crippen LogP contribution in [0.25, 0.3) is 0 Å². The van der Waals surface area contributed by atoms with Crippen LogP contribution < -0.4 is 0 Å². The van der Waals surface area contributed by atoms with E-state index in [4.69, 9.17) is 13.6 Å². The summed E-state index contributed by atoms with van der Waals surface area (Å²) in [6.07, 6.45) is 2.66. The van der Waals surface area contributed by atoms with Gasteiger partial charge >= 0.3 is 0 Å². The van der Waals surface area contributed by atoms with Gasteiger partial charge in [-0.05, 0) is 36.3 Å². The quantitative estimate of drug-likeness (QED) is 0.380. The molecule has 0 amide bonds. The van der Waals surface area contributed by atoms with E-state index in [1.54, 1.807) is 0 Å². The van der Waals surface area contributed by atoms with Gasteiger partial charge in [-0.3, -0.25) is 0 Å². The van der Waals surface area contributed by atoms with Gasteiger partial charge in [-0.25, -0.2) is 0 Å². The van der Waals surface area contributed by atoms with E-state index < -0.39 is 16.6 Å². The molecule has 1 saturated carbocycles. The van der Waals surface area contributed by atoms with Gasteiger partial charge in [-0.1, -0.05) is 48.1 Å². The molecule has 2 fully saturated rings. The van der Waals surface area contributed by atoms with Crippen LogP contribution >= 0.6 is 0 Å². The molecule has 5 heteroatoms. The largest absolute Gasteiger partial charge is 0.495 e. The Kier molecular flexibility index (Phi) is 8.02. The van der Waals surface area contributed by atoms with E-state index >= 15 is 0 Å². The van der Waals surface area contributed by atoms with Crippen molar-refractivity contribution in [3.63, 3.8) is 0 Å². The summed E-state index contributed by atoms with van der Waals surface area (Å²) in [7, 11) is -3.18. The van der Waals surface area contributed by atoms with Gasteiger partial charge in [0.2, 0.25) is 0 Å². The Labute approximate surface area is 164 Å². The van der Waals surface area contributed by atoms with Crippen LogP contribution in [0.4, 0.5) is 0 Å². The minimum Gasteiger partial charge on any atom is -0.495 e. The van der Waals surface area contributed by atoms with Crippen molar-refractivity contribution in [2.45, 2.75) is 103 Å². The number of hydrogen-bond acceptors (Lipinski definition) is 3. The predicted octanol–water partition coefficient (Wildman–Crippen LogP) is 6.34. The SMILES string of the molecule is C=C1C[C@@H]2[C@@H](CO[Si](CC)(CC)CC)[C@H](O[Si](CC)(CC)CC)C[C@@H]2O1. The number of hydrogen-bond donors (Lipinski definition) is 0. The Morgan fingerprint density at radius 3 is 1.96 bits per heavy atom. The third-order valence-electron chi connectivity index (χ3n) is 7.60. The molecule has 4 atom stereocenters. The molecular formula is C21H42O3Si2. The van der Waals surface area contributed by atoms with E-state index in [9.17, 15) is 0 Å². The van der Waals surface area contributed by atoms with Crippen molar-refractivity contribution in [2.24, 2.45) is 11.8 Å². The Hall–Kier alpha value is -0.106. The van der Waals surface area contributed by atoms with Crippen molar-refractivity contribution < 1.29 is 13.6 Å². The van der Waals surface area contributed by atoms with E-state index in [1.807, 2.05) is 0 Å². The van der Waals surface area contributed by atoms with Crippen LogP contribution in [0.5, 0.6) is 0 Å². The van der Waals surface area contributed by atoms with Gasteiger partial charge in [-0.2, -0.15) is 0 Å². The Bertz CT molecular complexity index is 444. The summed E-state index contributed by atoms with van der Waals surface area (Å²) in [6.45, 7) is 18.9. The average molecular weight is 399 g/mol. The van der Waals surface area contributed by atoms with Crippen LogP contribution in [0.15, 0.2) is 12.3 Å². The van der Waals surface area contributed by atoms with Gasteiger partial charge in [0.05, 0.1) is 11.9 Å². The number of fused-ring (bicyclic) bond motifs is 1. The first-order valence-corrected chi connectivity index (χ1v) is 16.1. The van der Waals surface area contributed by atoms with Crippen LogP contribution in [0.3, 0.4) is 0 Å². The maximum Gasteiger partial charge on any atom is 0.192 e. The zero-order valence-corrected chi connectivity index (χ0v) is 20.1. The maximum absolute atomic E-state index is 6.96. The molecule has 1 aliphatic heterocycles. The second kappa shape index (κ2) is 9.40. The first-order valence-electron chi connectivity index (χ1n) is 11.1. The lowest BCUT2D eigenvalue weighted by Gasteiger charge is -2.37.